The topological polar surface area (TPSA) is 158 Å². The molecule has 0 radical (unpaired) electrons. The molecule has 0 amide bonds. The first-order valence-electron chi connectivity index (χ1n) is 11.3. The average molecular weight is 542 g/mol. The molecule has 12 heteroatoms. The predicted molar refractivity (Wildman–Crippen MR) is 133 cm³/mol. The minimum absolute atomic E-state index is 0.0102. The quantitative estimate of drug-likeness (QED) is 0.246. The van der Waals surface area contributed by atoms with Crippen LogP contribution < -0.4 is 18.9 Å². The Bertz CT molecular complexity index is 1310. The van der Waals surface area contributed by atoms with Gasteiger partial charge in [-0.15, -0.1) is 0 Å². The van der Waals surface area contributed by atoms with Gasteiger partial charge < -0.3 is 28.4 Å². The van der Waals surface area contributed by atoms with Crippen LogP contribution in [0.15, 0.2) is 42.5 Å². The maximum absolute atomic E-state index is 12.5. The summed E-state index contributed by atoms with van der Waals surface area (Å²) in [6, 6.07) is 8.45. The van der Waals surface area contributed by atoms with Crippen LogP contribution >= 0.6 is 0 Å². The summed E-state index contributed by atoms with van der Waals surface area (Å²) in [6.07, 6.45) is 0.824. The minimum Gasteiger partial charge on any atom is -0.466 e. The van der Waals surface area contributed by atoms with Crippen LogP contribution in [-0.4, -0.2) is 49.0 Å². The number of carbonyl (C=O) groups is 6. The molecule has 0 fully saturated rings. The maximum Gasteiger partial charge on any atom is 0.347 e. The number of hydrogen-bond acceptors (Lipinski definition) is 12. The van der Waals surface area contributed by atoms with Crippen molar-refractivity contribution in [3.8, 4) is 23.0 Å². The molecule has 0 N–H and O–H groups in total. The van der Waals surface area contributed by atoms with Crippen LogP contribution in [0.5, 0.6) is 23.0 Å². The Kier molecular flexibility index (Phi) is 10.9. The highest BCUT2D eigenvalue weighted by Crippen LogP contribution is 2.31. The number of rotatable bonds is 10. The molecular weight excluding hydrogens is 516 g/mol. The Hall–Kier alpha value is -5.00. The highest BCUT2D eigenvalue weighted by atomic mass is 16.6. The van der Waals surface area contributed by atoms with Crippen LogP contribution in [0.3, 0.4) is 0 Å². The van der Waals surface area contributed by atoms with Gasteiger partial charge in [0.15, 0.2) is 23.0 Å². The van der Waals surface area contributed by atoms with E-state index in [4.69, 9.17) is 28.4 Å². The second-order valence-corrected chi connectivity index (χ2v) is 7.85. The van der Waals surface area contributed by atoms with E-state index in [-0.39, 0.29) is 29.4 Å². The number of carbonyl (C=O) groups excluding carboxylic acids is 6. The summed E-state index contributed by atoms with van der Waals surface area (Å²) < 4.78 is 30.1. The molecule has 0 heterocycles. The molecule has 1 atom stereocenters. The SMILES string of the molecule is COC(=O)[C@@H](Cc1ccc(OC(C)=O)c(OC(C)=O)c1)OC(=O)/C=C/c1ccc(OC(C)=O)c(OC(C)=O)c1. The van der Waals surface area contributed by atoms with E-state index in [9.17, 15) is 28.8 Å². The normalized spacial score (nSPS) is 11.2. The van der Waals surface area contributed by atoms with Crippen LogP contribution in [0.2, 0.25) is 0 Å². The van der Waals surface area contributed by atoms with Gasteiger partial charge in [-0.25, -0.2) is 9.59 Å². The minimum atomic E-state index is -1.38. The van der Waals surface area contributed by atoms with Crippen LogP contribution in [0.1, 0.15) is 38.8 Å². The van der Waals surface area contributed by atoms with Crippen molar-refractivity contribution < 1.29 is 57.2 Å². The first-order chi connectivity index (χ1) is 18.4. The van der Waals surface area contributed by atoms with Crippen molar-refractivity contribution in [3.05, 3.63) is 53.6 Å². The van der Waals surface area contributed by atoms with Gasteiger partial charge in [-0.05, 0) is 41.5 Å². The summed E-state index contributed by atoms with van der Waals surface area (Å²) in [5.41, 5.74) is 0.794. The Balaban J connectivity index is 2.23. The lowest BCUT2D eigenvalue weighted by Gasteiger charge is -2.16. The third-order valence-corrected chi connectivity index (χ3v) is 4.55. The van der Waals surface area contributed by atoms with E-state index >= 15 is 0 Å². The molecule has 0 aliphatic carbocycles. The zero-order valence-corrected chi connectivity index (χ0v) is 21.8. The molecule has 39 heavy (non-hydrogen) atoms. The molecule has 206 valence electrons. The highest BCUT2D eigenvalue weighted by molar-refractivity contribution is 5.89. The third-order valence-electron chi connectivity index (χ3n) is 4.55. The first kappa shape index (κ1) is 30.2. The number of benzene rings is 2. The summed E-state index contributed by atoms with van der Waals surface area (Å²) in [7, 11) is 1.12. The summed E-state index contributed by atoms with van der Waals surface area (Å²) in [4.78, 5) is 70.2. The molecular formula is C27H26O12. The van der Waals surface area contributed by atoms with Gasteiger partial charge in [-0.1, -0.05) is 12.1 Å². The summed E-state index contributed by atoms with van der Waals surface area (Å²) in [5, 5.41) is 0. The zero-order chi connectivity index (χ0) is 29.1. The Labute approximate surface area is 223 Å². The van der Waals surface area contributed by atoms with Crippen molar-refractivity contribution in [3.63, 3.8) is 0 Å². The first-order valence-corrected chi connectivity index (χ1v) is 11.3. The lowest BCUT2D eigenvalue weighted by Crippen LogP contribution is -2.30. The van der Waals surface area contributed by atoms with Gasteiger partial charge in [0.1, 0.15) is 0 Å². The average Bonchev–Trinajstić information content (AvgIpc) is 2.83. The number of esters is 6. The molecule has 0 aliphatic heterocycles. The molecule has 2 rings (SSSR count). The Morgan fingerprint density at radius 3 is 1.69 bits per heavy atom. The molecule has 0 aromatic heterocycles. The van der Waals surface area contributed by atoms with E-state index < -0.39 is 41.9 Å². The molecule has 2 aromatic carbocycles. The van der Waals surface area contributed by atoms with Crippen LogP contribution in [-0.2, 0) is 44.7 Å². The number of hydrogen-bond donors (Lipinski definition) is 0. The molecule has 0 saturated carbocycles. The lowest BCUT2D eigenvalue weighted by molar-refractivity contribution is -0.162. The van der Waals surface area contributed by atoms with Gasteiger partial charge in [0.2, 0.25) is 6.10 Å². The molecule has 12 nitrogen and oxygen atoms in total. The lowest BCUT2D eigenvalue weighted by atomic mass is 10.1. The van der Waals surface area contributed by atoms with Crippen LogP contribution in [0, 0.1) is 0 Å². The highest BCUT2D eigenvalue weighted by Gasteiger charge is 2.24. The van der Waals surface area contributed by atoms with Crippen molar-refractivity contribution in [1.29, 1.82) is 0 Å². The largest absolute Gasteiger partial charge is 0.466 e. The summed E-state index contributed by atoms with van der Waals surface area (Å²) in [5.74, 6) is -4.43. The number of methoxy groups -OCH3 is 1. The fourth-order valence-electron chi connectivity index (χ4n) is 3.12. The fourth-order valence-corrected chi connectivity index (χ4v) is 3.12. The van der Waals surface area contributed by atoms with E-state index in [0.717, 1.165) is 20.1 Å². The van der Waals surface area contributed by atoms with Gasteiger partial charge >= 0.3 is 35.8 Å². The Morgan fingerprint density at radius 2 is 1.18 bits per heavy atom. The van der Waals surface area contributed by atoms with Crippen LogP contribution in [0.25, 0.3) is 6.08 Å². The Morgan fingerprint density at radius 1 is 0.692 bits per heavy atom. The van der Waals surface area contributed by atoms with Gasteiger partial charge in [0.05, 0.1) is 7.11 Å². The molecule has 0 bridgehead atoms. The fraction of sp³-hybridized carbons (Fsp3) is 0.259. The second-order valence-electron chi connectivity index (χ2n) is 7.85. The van der Waals surface area contributed by atoms with Crippen molar-refractivity contribution in [2.45, 2.75) is 40.2 Å². The smallest absolute Gasteiger partial charge is 0.347 e. The third kappa shape index (κ3) is 10.1. The monoisotopic (exact) mass is 542 g/mol. The van der Waals surface area contributed by atoms with Crippen molar-refractivity contribution in [2.75, 3.05) is 7.11 Å². The summed E-state index contributed by atoms with van der Waals surface area (Å²) >= 11 is 0. The second kappa shape index (κ2) is 14.1. The van der Waals surface area contributed by atoms with E-state index in [1.54, 1.807) is 0 Å². The summed E-state index contributed by atoms with van der Waals surface area (Å²) in [6.45, 7) is 4.69. The zero-order valence-electron chi connectivity index (χ0n) is 21.8. The van der Waals surface area contributed by atoms with Gasteiger partial charge in [0, 0.05) is 40.2 Å². The van der Waals surface area contributed by atoms with E-state index in [0.29, 0.717) is 11.1 Å². The van der Waals surface area contributed by atoms with Crippen molar-refractivity contribution in [2.24, 2.45) is 0 Å². The molecule has 0 unspecified atom stereocenters. The van der Waals surface area contributed by atoms with Gasteiger partial charge in [-0.3, -0.25) is 19.2 Å². The van der Waals surface area contributed by atoms with E-state index in [1.807, 2.05) is 0 Å². The molecule has 0 saturated heterocycles. The van der Waals surface area contributed by atoms with Gasteiger partial charge in [-0.2, -0.15) is 0 Å². The molecule has 2 aromatic rings. The van der Waals surface area contributed by atoms with E-state index in [2.05, 4.69) is 0 Å². The standard InChI is InChI=1S/C27H26O12/c1-15(28)35-21-9-6-19(12-23(21)37-17(3)30)8-11-26(32)39-25(27(33)34-5)14-20-7-10-22(36-16(2)29)24(13-20)38-18(4)31/h6-13,25H,14H2,1-5H3/b11-8+/t25-/m1/s1. The number of ether oxygens (including phenoxy) is 6. The van der Waals surface area contributed by atoms with Crippen molar-refractivity contribution >= 4 is 41.9 Å². The van der Waals surface area contributed by atoms with Crippen LogP contribution in [0.4, 0.5) is 0 Å². The van der Waals surface area contributed by atoms with E-state index in [1.165, 1.54) is 63.2 Å². The molecule has 0 spiro atoms. The van der Waals surface area contributed by atoms with Gasteiger partial charge in [0.25, 0.3) is 0 Å². The molecule has 0 aliphatic rings. The predicted octanol–water partition coefficient (Wildman–Crippen LogP) is 2.73. The van der Waals surface area contributed by atoms with Crippen molar-refractivity contribution in [1.82, 2.24) is 0 Å². The maximum atomic E-state index is 12.5.